The first-order valence-electron chi connectivity index (χ1n) is 9.51. The minimum atomic E-state index is 0.116. The quantitative estimate of drug-likeness (QED) is 0.562. The van der Waals surface area contributed by atoms with Gasteiger partial charge in [-0.1, -0.05) is 64.1 Å². The van der Waals surface area contributed by atoms with Crippen molar-refractivity contribution in [3.63, 3.8) is 0 Å². The van der Waals surface area contributed by atoms with Crippen molar-refractivity contribution in [1.82, 2.24) is 0 Å². The second-order valence-corrected chi connectivity index (χ2v) is 5.62. The van der Waals surface area contributed by atoms with Crippen LogP contribution in [0.4, 0.5) is 0 Å². The summed E-state index contributed by atoms with van der Waals surface area (Å²) in [6, 6.07) is 16.2. The molecule has 0 heterocycles. The summed E-state index contributed by atoms with van der Waals surface area (Å²) in [6.45, 7) is 16.3. The molecule has 2 aromatic rings. The maximum absolute atomic E-state index is 6.00. The van der Waals surface area contributed by atoms with Gasteiger partial charge in [0.15, 0.2) is 0 Å². The zero-order valence-corrected chi connectivity index (χ0v) is 17.3. The van der Waals surface area contributed by atoms with Crippen LogP contribution < -0.4 is 9.47 Å². The van der Waals surface area contributed by atoms with Crippen molar-refractivity contribution in [3.8, 4) is 11.5 Å². The molecule has 0 radical (unpaired) electrons. The lowest BCUT2D eigenvalue weighted by Gasteiger charge is -2.21. The van der Waals surface area contributed by atoms with E-state index < -0.39 is 0 Å². The van der Waals surface area contributed by atoms with Crippen LogP contribution in [0.25, 0.3) is 0 Å². The number of ether oxygens (including phenoxy) is 2. The van der Waals surface area contributed by atoms with Gasteiger partial charge in [-0.3, -0.25) is 0 Å². The van der Waals surface area contributed by atoms with E-state index in [4.69, 9.17) is 9.47 Å². The molecule has 0 aliphatic rings. The third kappa shape index (κ3) is 8.62. The van der Waals surface area contributed by atoms with Crippen LogP contribution in [0.5, 0.6) is 11.5 Å². The van der Waals surface area contributed by atoms with Crippen LogP contribution in [0.2, 0.25) is 0 Å². The number of hydrogen-bond donors (Lipinski definition) is 0. The minimum absolute atomic E-state index is 0.116. The molecule has 0 fully saturated rings. The summed E-state index contributed by atoms with van der Waals surface area (Å²) in [5.74, 6) is 1.90. The van der Waals surface area contributed by atoms with E-state index in [2.05, 4.69) is 39.8 Å². The summed E-state index contributed by atoms with van der Waals surface area (Å²) in [7, 11) is 0. The average molecular weight is 345 g/mol. The van der Waals surface area contributed by atoms with Crippen LogP contribution in [0.15, 0.2) is 48.5 Å². The van der Waals surface area contributed by atoms with Crippen LogP contribution in [-0.2, 0) is 0 Å². The van der Waals surface area contributed by atoms with Gasteiger partial charge in [0, 0.05) is 6.42 Å². The summed E-state index contributed by atoms with van der Waals surface area (Å²) in [5, 5.41) is 0. The first kappa shape index (κ1) is 23.0. The summed E-state index contributed by atoms with van der Waals surface area (Å²) < 4.78 is 12.0. The Kier molecular flexibility index (Phi) is 12.3. The highest BCUT2D eigenvalue weighted by Crippen LogP contribution is 2.22. The second kappa shape index (κ2) is 13.3. The van der Waals surface area contributed by atoms with Crippen LogP contribution in [0.1, 0.15) is 59.1 Å². The molecule has 2 rings (SSSR count). The molecular formula is C23H36O2. The Morgan fingerprint density at radius 2 is 0.960 bits per heavy atom. The van der Waals surface area contributed by atoms with Crippen molar-refractivity contribution in [2.45, 2.75) is 74.0 Å². The number of para-hydroxylation sites is 2. The lowest BCUT2D eigenvalue weighted by Crippen LogP contribution is -2.23. The average Bonchev–Trinajstić information content (AvgIpc) is 2.62. The van der Waals surface area contributed by atoms with Gasteiger partial charge in [-0.15, -0.1) is 0 Å². The molecular weight excluding hydrogens is 308 g/mol. The number of rotatable bonds is 6. The fourth-order valence-corrected chi connectivity index (χ4v) is 2.37. The second-order valence-electron chi connectivity index (χ2n) is 5.62. The summed E-state index contributed by atoms with van der Waals surface area (Å²) in [4.78, 5) is 0. The zero-order chi connectivity index (χ0) is 19.2. The fraction of sp³-hybridized carbons (Fsp3) is 0.478. The molecule has 0 aliphatic heterocycles. The summed E-state index contributed by atoms with van der Waals surface area (Å²) in [5.41, 5.74) is 2.33. The van der Waals surface area contributed by atoms with E-state index in [1.807, 2.05) is 64.1 Å². The Labute approximate surface area is 155 Å². The van der Waals surface area contributed by atoms with E-state index in [0.29, 0.717) is 0 Å². The molecule has 2 atom stereocenters. The Balaban J connectivity index is 0.00000134. The predicted octanol–water partition coefficient (Wildman–Crippen LogP) is 6.98. The van der Waals surface area contributed by atoms with Crippen LogP contribution in [0, 0.1) is 13.8 Å². The molecule has 140 valence electrons. The number of benzene rings is 2. The molecule has 0 saturated carbocycles. The molecule has 0 unspecified atom stereocenters. The van der Waals surface area contributed by atoms with Gasteiger partial charge in [-0.25, -0.2) is 0 Å². The molecule has 2 nitrogen and oxygen atoms in total. The first-order valence-corrected chi connectivity index (χ1v) is 9.51. The van der Waals surface area contributed by atoms with E-state index in [-0.39, 0.29) is 12.2 Å². The summed E-state index contributed by atoms with van der Waals surface area (Å²) >= 11 is 0. The third-order valence-electron chi connectivity index (χ3n) is 3.51. The maximum atomic E-state index is 6.00. The molecule has 0 bridgehead atoms. The molecule has 0 saturated heterocycles. The molecule has 2 heteroatoms. The van der Waals surface area contributed by atoms with Gasteiger partial charge in [-0.05, 0) is 51.0 Å². The molecule has 0 N–H and O–H groups in total. The van der Waals surface area contributed by atoms with Gasteiger partial charge in [0.1, 0.15) is 11.5 Å². The fourth-order valence-electron chi connectivity index (χ4n) is 2.37. The molecule has 0 aliphatic carbocycles. The Morgan fingerprint density at radius 1 is 0.640 bits per heavy atom. The standard InChI is InChI=1S/C19H24O2.2C2H6/c1-14-9-5-7-11-18(14)20-16(3)13-17(4)21-19-12-8-6-10-15(19)2;2*1-2/h5-12,16-17H,13H2,1-4H3;2*1-2H3/t16-,17-;;/m1../s1. The molecule has 0 amide bonds. The van der Waals surface area contributed by atoms with Crippen molar-refractivity contribution in [3.05, 3.63) is 59.7 Å². The largest absolute Gasteiger partial charge is 0.490 e. The van der Waals surface area contributed by atoms with Crippen molar-refractivity contribution in [2.24, 2.45) is 0 Å². The van der Waals surface area contributed by atoms with Gasteiger partial charge in [0.25, 0.3) is 0 Å². The van der Waals surface area contributed by atoms with Crippen LogP contribution in [-0.4, -0.2) is 12.2 Å². The van der Waals surface area contributed by atoms with E-state index in [9.17, 15) is 0 Å². The highest BCUT2D eigenvalue weighted by Gasteiger charge is 2.13. The van der Waals surface area contributed by atoms with Gasteiger partial charge in [-0.2, -0.15) is 0 Å². The van der Waals surface area contributed by atoms with E-state index in [1.54, 1.807) is 0 Å². The van der Waals surface area contributed by atoms with Crippen molar-refractivity contribution >= 4 is 0 Å². The number of hydrogen-bond acceptors (Lipinski definition) is 2. The smallest absolute Gasteiger partial charge is 0.122 e. The molecule has 2 aromatic carbocycles. The summed E-state index contributed by atoms with van der Waals surface area (Å²) in [6.07, 6.45) is 1.08. The van der Waals surface area contributed by atoms with Crippen molar-refractivity contribution in [1.29, 1.82) is 0 Å². The topological polar surface area (TPSA) is 18.5 Å². The van der Waals surface area contributed by atoms with Gasteiger partial charge in [0.05, 0.1) is 12.2 Å². The van der Waals surface area contributed by atoms with Crippen LogP contribution >= 0.6 is 0 Å². The molecule has 0 aromatic heterocycles. The first-order chi connectivity index (χ1) is 12.1. The number of aryl methyl sites for hydroxylation is 2. The van der Waals surface area contributed by atoms with E-state index in [0.717, 1.165) is 29.0 Å². The third-order valence-corrected chi connectivity index (χ3v) is 3.51. The van der Waals surface area contributed by atoms with Gasteiger partial charge < -0.3 is 9.47 Å². The highest BCUT2D eigenvalue weighted by molar-refractivity contribution is 5.32. The Hall–Kier alpha value is -1.96. The van der Waals surface area contributed by atoms with Gasteiger partial charge in [0.2, 0.25) is 0 Å². The Bertz CT molecular complexity index is 526. The SMILES string of the molecule is CC.CC.Cc1ccccc1O[C@H](C)C[C@@H](C)Oc1ccccc1C. The lowest BCUT2D eigenvalue weighted by molar-refractivity contribution is 0.130. The highest BCUT2D eigenvalue weighted by atomic mass is 16.5. The van der Waals surface area contributed by atoms with Crippen LogP contribution in [0.3, 0.4) is 0 Å². The molecule has 0 spiro atoms. The minimum Gasteiger partial charge on any atom is -0.490 e. The van der Waals surface area contributed by atoms with Gasteiger partial charge >= 0.3 is 0 Å². The predicted molar refractivity (Wildman–Crippen MR) is 110 cm³/mol. The lowest BCUT2D eigenvalue weighted by atomic mass is 10.1. The van der Waals surface area contributed by atoms with E-state index >= 15 is 0 Å². The van der Waals surface area contributed by atoms with E-state index in [1.165, 1.54) is 0 Å². The normalized spacial score (nSPS) is 11.8. The van der Waals surface area contributed by atoms with Crippen molar-refractivity contribution < 1.29 is 9.47 Å². The molecule has 25 heavy (non-hydrogen) atoms. The Morgan fingerprint density at radius 3 is 1.28 bits per heavy atom. The van der Waals surface area contributed by atoms with Crippen molar-refractivity contribution in [2.75, 3.05) is 0 Å². The zero-order valence-electron chi connectivity index (χ0n) is 17.3. The monoisotopic (exact) mass is 344 g/mol. The maximum Gasteiger partial charge on any atom is 0.122 e.